The molecule has 0 heterocycles. The topological polar surface area (TPSA) is 29.1 Å². The number of hydrogen-bond acceptors (Lipinski definition) is 2. The first kappa shape index (κ1) is 11.8. The zero-order chi connectivity index (χ0) is 9.94. The van der Waals surface area contributed by atoms with Crippen LogP contribution in [0.1, 0.15) is 34.6 Å². The average molecular weight is 189 g/mol. The van der Waals surface area contributed by atoms with Crippen molar-refractivity contribution in [3.05, 3.63) is 0 Å². The lowest BCUT2D eigenvalue weighted by atomic mass is 10.1. The van der Waals surface area contributed by atoms with Crippen LogP contribution in [0.5, 0.6) is 0 Å². The molecule has 0 bridgehead atoms. The number of thiol groups is 1. The molecule has 0 aromatic carbocycles. The zero-order valence-corrected chi connectivity index (χ0v) is 9.40. The lowest BCUT2D eigenvalue weighted by Crippen LogP contribution is -2.45. The molecule has 0 saturated carbocycles. The average Bonchev–Trinajstić information content (AvgIpc) is 1.82. The van der Waals surface area contributed by atoms with Crippen LogP contribution in [0.3, 0.4) is 0 Å². The maximum atomic E-state index is 11.4. The van der Waals surface area contributed by atoms with Gasteiger partial charge in [-0.25, -0.2) is 0 Å². The fourth-order valence-electron chi connectivity index (χ4n) is 0.746. The Morgan fingerprint density at radius 2 is 1.75 bits per heavy atom. The van der Waals surface area contributed by atoms with Crippen molar-refractivity contribution >= 4 is 18.5 Å². The SMILES string of the molecule is CC(C)C(S)C(=O)NC(C)(C)C. The van der Waals surface area contributed by atoms with Gasteiger partial charge in [0.1, 0.15) is 0 Å². The minimum atomic E-state index is -0.204. The molecule has 0 aromatic heterocycles. The van der Waals surface area contributed by atoms with Gasteiger partial charge in [-0.05, 0) is 26.7 Å². The molecule has 12 heavy (non-hydrogen) atoms. The molecule has 1 N–H and O–H groups in total. The molecule has 0 aromatic rings. The monoisotopic (exact) mass is 189 g/mol. The van der Waals surface area contributed by atoms with E-state index in [1.54, 1.807) is 0 Å². The van der Waals surface area contributed by atoms with E-state index in [-0.39, 0.29) is 22.6 Å². The fraction of sp³-hybridized carbons (Fsp3) is 0.889. The first-order valence-corrected chi connectivity index (χ1v) is 4.76. The first-order chi connectivity index (χ1) is 5.24. The Morgan fingerprint density at radius 3 is 2.00 bits per heavy atom. The molecule has 0 spiro atoms. The standard InChI is InChI=1S/C9H19NOS/c1-6(2)7(12)8(11)10-9(3,4)5/h6-7,12H,1-5H3,(H,10,11). The Balaban J connectivity index is 4.05. The van der Waals surface area contributed by atoms with Crippen LogP contribution in [0.2, 0.25) is 0 Å². The van der Waals surface area contributed by atoms with E-state index in [0.717, 1.165) is 0 Å². The molecule has 0 aliphatic heterocycles. The molecule has 1 atom stereocenters. The highest BCUT2D eigenvalue weighted by atomic mass is 32.1. The Bertz CT molecular complexity index is 160. The van der Waals surface area contributed by atoms with E-state index in [4.69, 9.17) is 0 Å². The summed E-state index contributed by atoms with van der Waals surface area (Å²) in [4.78, 5) is 11.4. The van der Waals surface area contributed by atoms with Gasteiger partial charge in [0, 0.05) is 5.54 Å². The Kier molecular flexibility index (Phi) is 4.11. The summed E-state index contributed by atoms with van der Waals surface area (Å²) in [6.45, 7) is 9.86. The molecule has 3 heteroatoms. The first-order valence-electron chi connectivity index (χ1n) is 4.24. The molecule has 2 nitrogen and oxygen atoms in total. The summed E-state index contributed by atoms with van der Waals surface area (Å²) < 4.78 is 0. The highest BCUT2D eigenvalue weighted by Crippen LogP contribution is 2.10. The van der Waals surface area contributed by atoms with Gasteiger partial charge in [0.2, 0.25) is 5.91 Å². The fourth-order valence-corrected chi connectivity index (χ4v) is 0.811. The van der Waals surface area contributed by atoms with Crippen molar-refractivity contribution in [3.63, 3.8) is 0 Å². The summed E-state index contributed by atoms with van der Waals surface area (Å²) in [6, 6.07) is 0. The highest BCUT2D eigenvalue weighted by Gasteiger charge is 2.21. The summed E-state index contributed by atoms with van der Waals surface area (Å²) in [5, 5.41) is 2.68. The zero-order valence-electron chi connectivity index (χ0n) is 8.51. The van der Waals surface area contributed by atoms with Crippen molar-refractivity contribution in [2.75, 3.05) is 0 Å². The molecule has 0 fully saturated rings. The minimum absolute atomic E-state index is 0.0147. The van der Waals surface area contributed by atoms with Crippen LogP contribution < -0.4 is 5.32 Å². The molecule has 0 aliphatic carbocycles. The van der Waals surface area contributed by atoms with Crippen molar-refractivity contribution in [2.24, 2.45) is 5.92 Å². The second-order valence-corrected chi connectivity index (χ2v) is 4.98. The van der Waals surface area contributed by atoms with Crippen molar-refractivity contribution in [1.82, 2.24) is 5.32 Å². The van der Waals surface area contributed by atoms with Crippen molar-refractivity contribution in [1.29, 1.82) is 0 Å². The Labute approximate surface area is 80.5 Å². The predicted octanol–water partition coefficient (Wildman–Crippen LogP) is 1.86. The van der Waals surface area contributed by atoms with Crippen LogP contribution >= 0.6 is 12.6 Å². The number of amides is 1. The highest BCUT2D eigenvalue weighted by molar-refractivity contribution is 7.81. The van der Waals surface area contributed by atoms with E-state index < -0.39 is 0 Å². The number of hydrogen-bond donors (Lipinski definition) is 2. The van der Waals surface area contributed by atoms with Gasteiger partial charge < -0.3 is 5.32 Å². The van der Waals surface area contributed by atoms with Crippen LogP contribution in [0, 0.1) is 5.92 Å². The third-order valence-corrected chi connectivity index (χ3v) is 2.23. The number of rotatable bonds is 2. The molecule has 72 valence electrons. The van der Waals surface area contributed by atoms with E-state index in [9.17, 15) is 4.79 Å². The number of nitrogens with one attached hydrogen (secondary N) is 1. The van der Waals surface area contributed by atoms with Gasteiger partial charge in [-0.3, -0.25) is 4.79 Å². The summed E-state index contributed by atoms with van der Waals surface area (Å²) in [5.41, 5.74) is -0.160. The third kappa shape index (κ3) is 4.65. The van der Waals surface area contributed by atoms with Crippen LogP contribution in [0.4, 0.5) is 0 Å². The van der Waals surface area contributed by atoms with Crippen molar-refractivity contribution < 1.29 is 4.79 Å². The van der Waals surface area contributed by atoms with E-state index in [1.165, 1.54) is 0 Å². The lowest BCUT2D eigenvalue weighted by Gasteiger charge is -2.24. The summed E-state index contributed by atoms with van der Waals surface area (Å²) in [6.07, 6.45) is 0. The van der Waals surface area contributed by atoms with Gasteiger partial charge in [-0.15, -0.1) is 0 Å². The molecule has 0 aliphatic rings. The molecule has 0 radical (unpaired) electrons. The molecular weight excluding hydrogens is 170 g/mol. The van der Waals surface area contributed by atoms with Crippen LogP contribution in [0.15, 0.2) is 0 Å². The summed E-state index contributed by atoms with van der Waals surface area (Å²) >= 11 is 4.22. The van der Waals surface area contributed by atoms with Gasteiger partial charge in [-0.2, -0.15) is 12.6 Å². The van der Waals surface area contributed by atoms with Gasteiger partial charge in [0.25, 0.3) is 0 Å². The second-order valence-electron chi connectivity index (χ2n) is 4.43. The van der Waals surface area contributed by atoms with E-state index in [2.05, 4.69) is 17.9 Å². The van der Waals surface area contributed by atoms with Gasteiger partial charge in [0.05, 0.1) is 5.25 Å². The minimum Gasteiger partial charge on any atom is -0.351 e. The quantitative estimate of drug-likeness (QED) is 0.638. The third-order valence-electron chi connectivity index (χ3n) is 1.40. The second kappa shape index (κ2) is 4.17. The lowest BCUT2D eigenvalue weighted by molar-refractivity contribution is -0.122. The van der Waals surface area contributed by atoms with Gasteiger partial charge >= 0.3 is 0 Å². The molecular formula is C9H19NOS. The van der Waals surface area contributed by atoms with Crippen LogP contribution in [-0.2, 0) is 4.79 Å². The predicted molar refractivity (Wildman–Crippen MR) is 55.5 cm³/mol. The maximum Gasteiger partial charge on any atom is 0.233 e. The van der Waals surface area contributed by atoms with E-state index in [1.807, 2.05) is 34.6 Å². The Hall–Kier alpha value is -0.180. The summed E-state index contributed by atoms with van der Waals surface area (Å²) in [5.74, 6) is 0.288. The van der Waals surface area contributed by atoms with E-state index in [0.29, 0.717) is 0 Å². The molecule has 1 amide bonds. The molecule has 1 unspecified atom stereocenters. The van der Waals surface area contributed by atoms with Crippen molar-refractivity contribution in [2.45, 2.75) is 45.4 Å². The number of carbonyl (C=O) groups excluding carboxylic acids is 1. The van der Waals surface area contributed by atoms with Crippen molar-refractivity contribution in [3.8, 4) is 0 Å². The molecule has 0 saturated heterocycles. The van der Waals surface area contributed by atoms with Crippen LogP contribution in [0.25, 0.3) is 0 Å². The normalized spacial score (nSPS) is 14.6. The number of carbonyl (C=O) groups is 1. The maximum absolute atomic E-state index is 11.4. The van der Waals surface area contributed by atoms with Crippen LogP contribution in [-0.4, -0.2) is 16.7 Å². The molecule has 0 rings (SSSR count). The van der Waals surface area contributed by atoms with Gasteiger partial charge in [0.15, 0.2) is 0 Å². The van der Waals surface area contributed by atoms with Gasteiger partial charge in [-0.1, -0.05) is 13.8 Å². The van der Waals surface area contributed by atoms with E-state index >= 15 is 0 Å². The smallest absolute Gasteiger partial charge is 0.233 e. The largest absolute Gasteiger partial charge is 0.351 e. The Morgan fingerprint density at radius 1 is 1.33 bits per heavy atom. The summed E-state index contributed by atoms with van der Waals surface area (Å²) in [7, 11) is 0.